The monoisotopic (exact) mass is 416 g/mol. The molecular formula is C23H20N4O4. The average Bonchev–Trinajstić information content (AvgIpc) is 3.43. The summed E-state index contributed by atoms with van der Waals surface area (Å²) in [5.74, 6) is -0.364. The van der Waals surface area contributed by atoms with Crippen LogP contribution in [0.5, 0.6) is 0 Å². The SMILES string of the molecule is Cc1c[nH]c(=O)n1-c1ccc(C(=O)NCc2cccc(NC(=O)c3ccco3)c2)cc1. The Labute approximate surface area is 177 Å². The molecule has 31 heavy (non-hydrogen) atoms. The van der Waals surface area contributed by atoms with E-state index in [9.17, 15) is 14.4 Å². The number of aromatic nitrogens is 2. The lowest BCUT2D eigenvalue weighted by atomic mass is 10.1. The van der Waals surface area contributed by atoms with E-state index in [0.29, 0.717) is 23.5 Å². The highest BCUT2D eigenvalue weighted by Gasteiger charge is 2.10. The first-order valence-corrected chi connectivity index (χ1v) is 9.61. The highest BCUT2D eigenvalue weighted by Crippen LogP contribution is 2.14. The standard InChI is InChI=1S/C23H20N4O4/c1-15-13-25-23(30)27(15)19-9-7-17(8-10-19)21(28)24-14-16-4-2-5-18(12-16)26-22(29)20-6-3-11-31-20/h2-13H,14H2,1H3,(H,24,28)(H,25,30)(H,26,29). The maximum atomic E-state index is 12.5. The zero-order chi connectivity index (χ0) is 21.8. The number of imidazole rings is 1. The van der Waals surface area contributed by atoms with E-state index in [1.165, 1.54) is 10.8 Å². The van der Waals surface area contributed by atoms with Gasteiger partial charge in [-0.15, -0.1) is 0 Å². The van der Waals surface area contributed by atoms with Crippen LogP contribution in [-0.2, 0) is 6.54 Å². The van der Waals surface area contributed by atoms with Gasteiger partial charge in [0.15, 0.2) is 5.76 Å². The Balaban J connectivity index is 1.38. The highest BCUT2D eigenvalue weighted by molar-refractivity contribution is 6.02. The summed E-state index contributed by atoms with van der Waals surface area (Å²) in [6.07, 6.45) is 3.07. The second-order valence-electron chi connectivity index (χ2n) is 6.93. The predicted octanol–water partition coefficient (Wildman–Crippen LogP) is 3.25. The van der Waals surface area contributed by atoms with Crippen molar-refractivity contribution >= 4 is 17.5 Å². The number of carbonyl (C=O) groups excluding carboxylic acids is 2. The second kappa shape index (κ2) is 8.58. The van der Waals surface area contributed by atoms with Gasteiger partial charge in [0.05, 0.1) is 12.0 Å². The van der Waals surface area contributed by atoms with Crippen molar-refractivity contribution in [2.24, 2.45) is 0 Å². The van der Waals surface area contributed by atoms with Gasteiger partial charge in [-0.1, -0.05) is 12.1 Å². The van der Waals surface area contributed by atoms with Crippen LogP contribution in [0.3, 0.4) is 0 Å². The Morgan fingerprint density at radius 1 is 1.03 bits per heavy atom. The highest BCUT2D eigenvalue weighted by atomic mass is 16.3. The first-order chi connectivity index (χ1) is 15.0. The molecule has 3 N–H and O–H groups in total. The van der Waals surface area contributed by atoms with Crippen LogP contribution in [-0.4, -0.2) is 21.4 Å². The first kappa shape index (κ1) is 20.0. The first-order valence-electron chi connectivity index (χ1n) is 9.61. The summed E-state index contributed by atoms with van der Waals surface area (Å²) in [5, 5.41) is 5.61. The molecule has 0 aliphatic heterocycles. The summed E-state index contributed by atoms with van der Waals surface area (Å²) >= 11 is 0. The molecule has 156 valence electrons. The molecule has 0 saturated carbocycles. The second-order valence-corrected chi connectivity index (χ2v) is 6.93. The summed E-state index contributed by atoms with van der Waals surface area (Å²) in [4.78, 5) is 39.1. The van der Waals surface area contributed by atoms with Crippen molar-refractivity contribution in [1.82, 2.24) is 14.9 Å². The van der Waals surface area contributed by atoms with E-state index >= 15 is 0 Å². The smallest absolute Gasteiger partial charge is 0.330 e. The number of amides is 2. The van der Waals surface area contributed by atoms with Crippen molar-refractivity contribution in [3.63, 3.8) is 0 Å². The van der Waals surface area contributed by atoms with Crippen LogP contribution in [0.4, 0.5) is 5.69 Å². The van der Waals surface area contributed by atoms with Crippen molar-refractivity contribution in [3.8, 4) is 5.69 Å². The fourth-order valence-electron chi connectivity index (χ4n) is 3.18. The number of nitrogens with zero attached hydrogens (tertiary/aromatic N) is 1. The summed E-state index contributed by atoms with van der Waals surface area (Å²) in [6.45, 7) is 2.12. The van der Waals surface area contributed by atoms with Gasteiger partial charge < -0.3 is 20.0 Å². The van der Waals surface area contributed by atoms with Crippen molar-refractivity contribution in [1.29, 1.82) is 0 Å². The molecule has 8 nitrogen and oxygen atoms in total. The van der Waals surface area contributed by atoms with Crippen LogP contribution in [0.25, 0.3) is 5.69 Å². The molecular weight excluding hydrogens is 396 g/mol. The number of hydrogen-bond donors (Lipinski definition) is 3. The molecule has 4 aromatic rings. The molecule has 0 aliphatic rings. The Kier molecular flexibility index (Phi) is 5.53. The van der Waals surface area contributed by atoms with Gasteiger partial charge in [0.25, 0.3) is 11.8 Å². The van der Waals surface area contributed by atoms with E-state index in [1.54, 1.807) is 60.8 Å². The maximum Gasteiger partial charge on any atom is 0.330 e. The minimum atomic E-state index is -0.344. The van der Waals surface area contributed by atoms with Gasteiger partial charge in [0.2, 0.25) is 0 Å². The van der Waals surface area contributed by atoms with Crippen molar-refractivity contribution in [2.75, 3.05) is 5.32 Å². The molecule has 0 saturated heterocycles. The quantitative estimate of drug-likeness (QED) is 0.448. The number of anilines is 1. The molecule has 2 amide bonds. The number of aromatic amines is 1. The number of nitrogens with one attached hydrogen (secondary N) is 3. The number of H-pyrrole nitrogens is 1. The maximum absolute atomic E-state index is 12.5. The molecule has 0 bridgehead atoms. The Hall–Kier alpha value is -4.33. The summed E-state index contributed by atoms with van der Waals surface area (Å²) in [5.41, 5.74) is 3.14. The van der Waals surface area contributed by atoms with E-state index < -0.39 is 0 Å². The van der Waals surface area contributed by atoms with E-state index in [0.717, 1.165) is 11.3 Å². The average molecular weight is 416 g/mol. The van der Waals surface area contributed by atoms with Crippen molar-refractivity contribution in [3.05, 3.63) is 106 Å². The zero-order valence-corrected chi connectivity index (χ0v) is 16.7. The van der Waals surface area contributed by atoms with Gasteiger partial charge in [-0.25, -0.2) is 4.79 Å². The number of rotatable bonds is 6. The number of benzene rings is 2. The lowest BCUT2D eigenvalue weighted by molar-refractivity contribution is 0.0949. The van der Waals surface area contributed by atoms with Gasteiger partial charge in [0, 0.05) is 29.7 Å². The van der Waals surface area contributed by atoms with E-state index in [-0.39, 0.29) is 23.3 Å². The van der Waals surface area contributed by atoms with Crippen LogP contribution in [0.15, 0.2) is 82.3 Å². The largest absolute Gasteiger partial charge is 0.459 e. The Bertz CT molecular complexity index is 1270. The normalized spacial score (nSPS) is 10.6. The summed E-state index contributed by atoms with van der Waals surface area (Å²) < 4.78 is 6.61. The molecule has 8 heteroatoms. The molecule has 2 aromatic heterocycles. The Morgan fingerprint density at radius 3 is 2.52 bits per heavy atom. The van der Waals surface area contributed by atoms with Crippen LogP contribution in [0, 0.1) is 6.92 Å². The number of carbonyl (C=O) groups is 2. The molecule has 0 unspecified atom stereocenters. The summed E-state index contributed by atoms with van der Waals surface area (Å²) in [7, 11) is 0. The van der Waals surface area contributed by atoms with Crippen LogP contribution < -0.4 is 16.3 Å². The van der Waals surface area contributed by atoms with Crippen LogP contribution in [0.1, 0.15) is 32.2 Å². The molecule has 0 spiro atoms. The third kappa shape index (κ3) is 4.48. The number of hydrogen-bond acceptors (Lipinski definition) is 4. The third-order valence-corrected chi connectivity index (χ3v) is 4.73. The van der Waals surface area contributed by atoms with Gasteiger partial charge in [0.1, 0.15) is 0 Å². The predicted molar refractivity (Wildman–Crippen MR) is 115 cm³/mol. The van der Waals surface area contributed by atoms with Crippen LogP contribution in [0.2, 0.25) is 0 Å². The molecule has 0 atom stereocenters. The molecule has 2 aromatic carbocycles. The van der Waals surface area contributed by atoms with Crippen molar-refractivity contribution in [2.45, 2.75) is 13.5 Å². The van der Waals surface area contributed by atoms with Gasteiger partial charge in [-0.2, -0.15) is 0 Å². The topological polar surface area (TPSA) is 109 Å². The van der Waals surface area contributed by atoms with Gasteiger partial charge >= 0.3 is 5.69 Å². The van der Waals surface area contributed by atoms with Gasteiger partial charge in [-0.3, -0.25) is 14.2 Å². The fourth-order valence-corrected chi connectivity index (χ4v) is 3.18. The van der Waals surface area contributed by atoms with E-state index in [1.807, 2.05) is 13.0 Å². The van der Waals surface area contributed by atoms with E-state index in [4.69, 9.17) is 4.42 Å². The van der Waals surface area contributed by atoms with Crippen molar-refractivity contribution < 1.29 is 14.0 Å². The Morgan fingerprint density at radius 2 is 1.84 bits per heavy atom. The lowest BCUT2D eigenvalue weighted by Crippen LogP contribution is -2.23. The molecule has 0 aliphatic carbocycles. The molecule has 0 fully saturated rings. The third-order valence-electron chi connectivity index (χ3n) is 4.73. The summed E-state index contributed by atoms with van der Waals surface area (Å²) in [6, 6.07) is 17.2. The minimum Gasteiger partial charge on any atom is -0.459 e. The number of furan rings is 1. The van der Waals surface area contributed by atoms with Gasteiger partial charge in [-0.05, 0) is 61.0 Å². The van der Waals surface area contributed by atoms with Crippen LogP contribution >= 0.6 is 0 Å². The zero-order valence-electron chi connectivity index (χ0n) is 16.7. The minimum absolute atomic E-state index is 0.222. The molecule has 0 radical (unpaired) electrons. The lowest BCUT2D eigenvalue weighted by Gasteiger charge is -2.09. The molecule has 2 heterocycles. The number of aryl methyl sites for hydroxylation is 1. The molecule has 4 rings (SSSR count). The fraction of sp³-hybridized carbons (Fsp3) is 0.0870. The van der Waals surface area contributed by atoms with E-state index in [2.05, 4.69) is 15.6 Å².